The van der Waals surface area contributed by atoms with Crippen LogP contribution in [0, 0.1) is 18.3 Å². The van der Waals surface area contributed by atoms with Crippen LogP contribution in [-0.2, 0) is 11.8 Å². The number of ether oxygens (including phenoxy) is 1. The first-order chi connectivity index (χ1) is 10.1. The van der Waals surface area contributed by atoms with E-state index in [4.69, 9.17) is 10.1 Å². The van der Waals surface area contributed by atoms with E-state index in [9.17, 15) is 0 Å². The average molecular weight is 283 g/mol. The number of aryl methyl sites for hydroxylation is 1. The number of benzene rings is 1. The third kappa shape index (κ3) is 2.84. The van der Waals surface area contributed by atoms with E-state index in [1.54, 1.807) is 6.92 Å². The largest absolute Gasteiger partial charge is 0.481 e. The van der Waals surface area contributed by atoms with Crippen molar-refractivity contribution in [1.29, 1.82) is 5.41 Å². The number of aromatic nitrogens is 2. The Morgan fingerprint density at radius 2 is 2.10 bits per heavy atom. The van der Waals surface area contributed by atoms with Crippen molar-refractivity contribution < 1.29 is 4.74 Å². The van der Waals surface area contributed by atoms with E-state index in [2.05, 4.69) is 36.2 Å². The topological polar surface area (TPSA) is 50.9 Å². The van der Waals surface area contributed by atoms with Crippen molar-refractivity contribution in [3.8, 4) is 11.3 Å². The first kappa shape index (κ1) is 13.9. The van der Waals surface area contributed by atoms with Crippen LogP contribution >= 0.6 is 0 Å². The Labute approximate surface area is 125 Å². The minimum atomic E-state index is 0.307. The second-order valence-corrected chi connectivity index (χ2v) is 5.88. The third-order valence-corrected chi connectivity index (χ3v) is 4.28. The molecule has 21 heavy (non-hydrogen) atoms. The molecule has 3 rings (SSSR count). The first-order valence-electron chi connectivity index (χ1n) is 7.32. The molecule has 0 saturated heterocycles. The molecule has 2 aromatic rings. The fourth-order valence-electron chi connectivity index (χ4n) is 2.74. The molecule has 1 saturated carbocycles. The molecular weight excluding hydrogens is 262 g/mol. The highest BCUT2D eigenvalue weighted by Gasteiger charge is 2.38. The van der Waals surface area contributed by atoms with Crippen LogP contribution in [0.5, 0.6) is 0 Å². The Morgan fingerprint density at radius 3 is 2.67 bits per heavy atom. The summed E-state index contributed by atoms with van der Waals surface area (Å²) < 4.78 is 7.34. The molecule has 0 aliphatic heterocycles. The normalized spacial score (nSPS) is 20.3. The maximum absolute atomic E-state index is 7.30. The van der Waals surface area contributed by atoms with E-state index >= 15 is 0 Å². The third-order valence-electron chi connectivity index (χ3n) is 4.28. The molecule has 4 heteroatoms. The summed E-state index contributed by atoms with van der Waals surface area (Å²) in [4.78, 5) is 4.46. The molecular formula is C17H21N3O. The van der Waals surface area contributed by atoms with E-state index in [-0.39, 0.29) is 0 Å². The number of nitrogens with one attached hydrogen (secondary N) is 1. The first-order valence-corrected chi connectivity index (χ1v) is 7.32. The van der Waals surface area contributed by atoms with Crippen molar-refractivity contribution in [3.05, 3.63) is 41.9 Å². The minimum Gasteiger partial charge on any atom is -0.481 e. The standard InChI is InChI=1S/C17H21N3O/c1-11-17(19-10-20(11)3)14-6-4-13(5-7-14)16-8-15(16)9-21-12(2)18/h4-7,10,15-16,18H,8-9H2,1-3H3/t15?,16-/m1/s1. The predicted octanol–water partition coefficient (Wildman–Crippen LogP) is 3.51. The highest BCUT2D eigenvalue weighted by atomic mass is 16.5. The van der Waals surface area contributed by atoms with Crippen LogP contribution in [0.2, 0.25) is 0 Å². The smallest absolute Gasteiger partial charge is 0.177 e. The minimum absolute atomic E-state index is 0.307. The van der Waals surface area contributed by atoms with E-state index in [0.29, 0.717) is 24.3 Å². The Bertz CT molecular complexity index is 657. The van der Waals surface area contributed by atoms with Gasteiger partial charge in [0.1, 0.15) is 0 Å². The van der Waals surface area contributed by atoms with Crippen LogP contribution in [0.25, 0.3) is 11.3 Å². The molecule has 1 aliphatic rings. The van der Waals surface area contributed by atoms with Crippen LogP contribution in [0.3, 0.4) is 0 Å². The van der Waals surface area contributed by atoms with Gasteiger partial charge >= 0.3 is 0 Å². The Hall–Kier alpha value is -2.10. The second-order valence-electron chi connectivity index (χ2n) is 5.88. The molecule has 1 aromatic carbocycles. The van der Waals surface area contributed by atoms with Gasteiger partial charge in [0.2, 0.25) is 0 Å². The molecule has 4 nitrogen and oxygen atoms in total. The zero-order chi connectivity index (χ0) is 15.0. The fourth-order valence-corrected chi connectivity index (χ4v) is 2.74. The van der Waals surface area contributed by atoms with Crippen LogP contribution in [0.4, 0.5) is 0 Å². The van der Waals surface area contributed by atoms with Gasteiger partial charge in [0.05, 0.1) is 18.6 Å². The van der Waals surface area contributed by atoms with Gasteiger partial charge in [-0.25, -0.2) is 4.98 Å². The molecule has 1 unspecified atom stereocenters. The van der Waals surface area contributed by atoms with E-state index in [1.165, 1.54) is 16.8 Å². The van der Waals surface area contributed by atoms with E-state index < -0.39 is 0 Å². The van der Waals surface area contributed by atoms with Gasteiger partial charge in [-0.2, -0.15) is 0 Å². The van der Waals surface area contributed by atoms with Gasteiger partial charge in [-0.05, 0) is 24.8 Å². The summed E-state index contributed by atoms with van der Waals surface area (Å²) in [6.45, 7) is 4.44. The predicted molar refractivity (Wildman–Crippen MR) is 83.6 cm³/mol. The molecule has 1 aromatic heterocycles. The summed E-state index contributed by atoms with van der Waals surface area (Å²) in [5.41, 5.74) is 4.77. The summed E-state index contributed by atoms with van der Waals surface area (Å²) >= 11 is 0. The monoisotopic (exact) mass is 283 g/mol. The fraction of sp³-hybridized carbons (Fsp3) is 0.412. The lowest BCUT2D eigenvalue weighted by atomic mass is 10.0. The molecule has 0 spiro atoms. The summed E-state index contributed by atoms with van der Waals surface area (Å²) in [7, 11) is 2.01. The molecule has 0 bridgehead atoms. The summed E-state index contributed by atoms with van der Waals surface area (Å²) in [6, 6.07) is 8.71. The van der Waals surface area contributed by atoms with Crippen LogP contribution in [-0.4, -0.2) is 22.1 Å². The van der Waals surface area contributed by atoms with Gasteiger partial charge in [0.15, 0.2) is 5.90 Å². The molecule has 110 valence electrons. The number of hydrogen-bond donors (Lipinski definition) is 1. The zero-order valence-corrected chi connectivity index (χ0v) is 12.8. The van der Waals surface area contributed by atoms with Gasteiger partial charge in [-0.15, -0.1) is 0 Å². The van der Waals surface area contributed by atoms with Crippen molar-refractivity contribution >= 4 is 5.90 Å². The lowest BCUT2D eigenvalue weighted by Crippen LogP contribution is -2.02. The summed E-state index contributed by atoms with van der Waals surface area (Å²) in [5.74, 6) is 1.46. The van der Waals surface area contributed by atoms with Gasteiger partial charge < -0.3 is 9.30 Å². The molecule has 0 amide bonds. The second kappa shape index (κ2) is 5.35. The maximum atomic E-state index is 7.30. The highest BCUT2D eigenvalue weighted by Crippen LogP contribution is 2.47. The lowest BCUT2D eigenvalue weighted by Gasteiger charge is -2.05. The number of imidazole rings is 1. The molecule has 1 heterocycles. The lowest BCUT2D eigenvalue weighted by molar-refractivity contribution is 0.279. The number of hydrogen-bond acceptors (Lipinski definition) is 3. The quantitative estimate of drug-likeness (QED) is 0.689. The van der Waals surface area contributed by atoms with E-state index in [1.807, 2.05) is 17.9 Å². The molecule has 2 atom stereocenters. The Kier molecular flexibility index (Phi) is 3.53. The number of nitrogens with zero attached hydrogens (tertiary/aromatic N) is 2. The molecule has 1 N–H and O–H groups in total. The summed E-state index contributed by atoms with van der Waals surface area (Å²) in [6.07, 6.45) is 3.02. The van der Waals surface area contributed by atoms with Gasteiger partial charge in [0, 0.05) is 31.1 Å². The van der Waals surface area contributed by atoms with Gasteiger partial charge in [0.25, 0.3) is 0 Å². The maximum Gasteiger partial charge on any atom is 0.177 e. The molecule has 0 radical (unpaired) electrons. The number of rotatable bonds is 4. The molecule has 1 aliphatic carbocycles. The van der Waals surface area contributed by atoms with E-state index in [0.717, 1.165) is 12.1 Å². The van der Waals surface area contributed by atoms with Crippen molar-refractivity contribution in [1.82, 2.24) is 9.55 Å². The van der Waals surface area contributed by atoms with Crippen molar-refractivity contribution in [2.45, 2.75) is 26.2 Å². The van der Waals surface area contributed by atoms with Crippen molar-refractivity contribution in [2.75, 3.05) is 6.61 Å². The van der Waals surface area contributed by atoms with Gasteiger partial charge in [-0.3, -0.25) is 5.41 Å². The zero-order valence-electron chi connectivity index (χ0n) is 12.8. The highest BCUT2D eigenvalue weighted by molar-refractivity contribution is 5.69. The Balaban J connectivity index is 1.68. The van der Waals surface area contributed by atoms with Crippen LogP contribution in [0.1, 0.15) is 30.5 Å². The SMILES string of the molecule is CC(=N)OCC1C[C@@H]1c1ccc(-c2ncn(C)c2C)cc1. The summed E-state index contributed by atoms with van der Waals surface area (Å²) in [5, 5.41) is 7.30. The Morgan fingerprint density at radius 1 is 1.38 bits per heavy atom. The van der Waals surface area contributed by atoms with Crippen molar-refractivity contribution in [3.63, 3.8) is 0 Å². The van der Waals surface area contributed by atoms with Crippen molar-refractivity contribution in [2.24, 2.45) is 13.0 Å². The van der Waals surface area contributed by atoms with Gasteiger partial charge in [-0.1, -0.05) is 24.3 Å². The average Bonchev–Trinajstić information content (AvgIpc) is 3.18. The molecule has 1 fully saturated rings. The van der Waals surface area contributed by atoms with Crippen LogP contribution in [0.15, 0.2) is 30.6 Å². The van der Waals surface area contributed by atoms with Crippen LogP contribution < -0.4 is 0 Å².